The van der Waals surface area contributed by atoms with E-state index >= 15 is 0 Å². The lowest BCUT2D eigenvalue weighted by molar-refractivity contribution is 0.210. The number of aliphatic hydroxyl groups excluding tert-OH is 1. The van der Waals surface area contributed by atoms with Crippen LogP contribution in [0.1, 0.15) is 16.7 Å². The Morgan fingerprint density at radius 3 is 2.72 bits per heavy atom. The first kappa shape index (κ1) is 13.1. The number of methoxy groups -OCH3 is 2. The molecule has 1 atom stereocenters. The molecule has 0 fully saturated rings. The molecule has 96 valence electrons. The van der Waals surface area contributed by atoms with Gasteiger partial charge in [0.2, 0.25) is 11.8 Å². The lowest BCUT2D eigenvalue weighted by Gasteiger charge is -2.12. The normalized spacial score (nSPS) is 12.2. The zero-order valence-electron chi connectivity index (χ0n) is 9.75. The molecular formula is C11H11ClN2O3S. The zero-order chi connectivity index (χ0) is 13.1. The van der Waals surface area contributed by atoms with Crippen molar-refractivity contribution in [1.82, 2.24) is 9.97 Å². The third-order valence-corrected chi connectivity index (χ3v) is 3.71. The van der Waals surface area contributed by atoms with Crippen LogP contribution in [0.25, 0.3) is 0 Å². The van der Waals surface area contributed by atoms with E-state index in [4.69, 9.17) is 21.1 Å². The number of rotatable bonds is 4. The van der Waals surface area contributed by atoms with E-state index in [-0.39, 0.29) is 5.88 Å². The minimum atomic E-state index is -0.967. The Bertz CT molecular complexity index is 547. The summed E-state index contributed by atoms with van der Waals surface area (Å²) in [5.41, 5.74) is 0.308. The largest absolute Gasteiger partial charge is 0.480 e. The average Bonchev–Trinajstić information content (AvgIpc) is 2.83. The Morgan fingerprint density at radius 2 is 2.17 bits per heavy atom. The van der Waals surface area contributed by atoms with Crippen molar-refractivity contribution in [2.75, 3.05) is 14.2 Å². The van der Waals surface area contributed by atoms with E-state index in [1.807, 2.05) is 0 Å². The molecule has 0 aromatic carbocycles. The molecule has 0 radical (unpaired) electrons. The van der Waals surface area contributed by atoms with Crippen molar-refractivity contribution in [1.29, 1.82) is 0 Å². The second-order valence-corrected chi connectivity index (χ2v) is 4.70. The molecule has 0 aliphatic rings. The van der Waals surface area contributed by atoms with E-state index in [0.717, 1.165) is 0 Å². The Hall–Kier alpha value is -1.37. The van der Waals surface area contributed by atoms with Gasteiger partial charge in [-0.15, -0.1) is 11.3 Å². The van der Waals surface area contributed by atoms with Crippen LogP contribution in [-0.2, 0) is 0 Å². The molecule has 0 amide bonds. The highest BCUT2D eigenvalue weighted by Gasteiger charge is 2.22. The van der Waals surface area contributed by atoms with Gasteiger partial charge in [0.15, 0.2) is 0 Å². The Morgan fingerprint density at radius 1 is 1.39 bits per heavy atom. The van der Waals surface area contributed by atoms with Crippen LogP contribution >= 0.6 is 22.9 Å². The van der Waals surface area contributed by atoms with Crippen LogP contribution in [-0.4, -0.2) is 29.3 Å². The molecule has 1 unspecified atom stereocenters. The number of aliphatic hydroxyl groups is 1. The summed E-state index contributed by atoms with van der Waals surface area (Å²) in [6.45, 7) is 0. The summed E-state index contributed by atoms with van der Waals surface area (Å²) in [7, 11) is 2.94. The maximum atomic E-state index is 10.2. The first-order valence-corrected chi connectivity index (χ1v) is 6.29. The highest BCUT2D eigenvalue weighted by molar-refractivity contribution is 7.10. The maximum absolute atomic E-state index is 10.2. The highest BCUT2D eigenvalue weighted by Crippen LogP contribution is 2.35. The van der Waals surface area contributed by atoms with Gasteiger partial charge >= 0.3 is 0 Å². The molecule has 5 nitrogen and oxygen atoms in total. The SMILES string of the molecule is COc1cnc(C(O)c2sccc2Cl)c(OC)n1. The fourth-order valence-electron chi connectivity index (χ4n) is 1.43. The van der Waals surface area contributed by atoms with Gasteiger partial charge in [-0.1, -0.05) is 11.6 Å². The third kappa shape index (κ3) is 2.40. The second kappa shape index (κ2) is 5.51. The molecule has 0 bridgehead atoms. The van der Waals surface area contributed by atoms with Crippen LogP contribution in [0.15, 0.2) is 17.6 Å². The zero-order valence-corrected chi connectivity index (χ0v) is 11.3. The first-order valence-electron chi connectivity index (χ1n) is 5.03. The van der Waals surface area contributed by atoms with Gasteiger partial charge in [-0.05, 0) is 11.4 Å². The maximum Gasteiger partial charge on any atom is 0.241 e. The van der Waals surface area contributed by atoms with E-state index in [1.54, 1.807) is 11.4 Å². The molecule has 2 aromatic heterocycles. The summed E-state index contributed by atoms with van der Waals surface area (Å²) in [5.74, 6) is 0.534. The van der Waals surface area contributed by atoms with Crippen molar-refractivity contribution in [3.05, 3.63) is 33.2 Å². The van der Waals surface area contributed by atoms with Crippen molar-refractivity contribution in [2.45, 2.75) is 6.10 Å². The van der Waals surface area contributed by atoms with E-state index in [9.17, 15) is 5.11 Å². The average molecular weight is 287 g/mol. The van der Waals surface area contributed by atoms with Gasteiger partial charge in [-0.2, -0.15) is 4.98 Å². The number of hydrogen-bond acceptors (Lipinski definition) is 6. The van der Waals surface area contributed by atoms with Crippen molar-refractivity contribution >= 4 is 22.9 Å². The molecule has 0 spiro atoms. The summed E-state index contributed by atoms with van der Waals surface area (Å²) in [6, 6.07) is 1.72. The lowest BCUT2D eigenvalue weighted by Crippen LogP contribution is -2.06. The van der Waals surface area contributed by atoms with Gasteiger partial charge in [0.25, 0.3) is 0 Å². The molecule has 0 aliphatic carbocycles. The number of thiophene rings is 1. The fraction of sp³-hybridized carbons (Fsp3) is 0.273. The first-order chi connectivity index (χ1) is 8.67. The summed E-state index contributed by atoms with van der Waals surface area (Å²) in [4.78, 5) is 8.77. The van der Waals surface area contributed by atoms with E-state index in [0.29, 0.717) is 21.5 Å². The Kier molecular flexibility index (Phi) is 4.00. The van der Waals surface area contributed by atoms with Gasteiger partial charge in [0.05, 0.1) is 30.3 Å². The topological polar surface area (TPSA) is 64.5 Å². The van der Waals surface area contributed by atoms with E-state index in [1.165, 1.54) is 31.8 Å². The molecule has 1 N–H and O–H groups in total. The van der Waals surface area contributed by atoms with Crippen molar-refractivity contribution in [3.8, 4) is 11.8 Å². The van der Waals surface area contributed by atoms with Crippen molar-refractivity contribution in [2.24, 2.45) is 0 Å². The minimum absolute atomic E-state index is 0.214. The van der Waals surface area contributed by atoms with Gasteiger partial charge in [-0.25, -0.2) is 4.98 Å². The third-order valence-electron chi connectivity index (χ3n) is 2.30. The van der Waals surface area contributed by atoms with Crippen LogP contribution in [0.4, 0.5) is 0 Å². The predicted octanol–water partition coefficient (Wildman–Crippen LogP) is 2.29. The number of hydrogen-bond donors (Lipinski definition) is 1. The number of nitrogens with zero attached hydrogens (tertiary/aromatic N) is 2. The second-order valence-electron chi connectivity index (χ2n) is 3.34. The molecule has 2 heterocycles. The lowest BCUT2D eigenvalue weighted by atomic mass is 10.2. The van der Waals surface area contributed by atoms with Crippen LogP contribution in [0.5, 0.6) is 11.8 Å². The molecule has 0 saturated heterocycles. The number of halogens is 1. The van der Waals surface area contributed by atoms with Crippen LogP contribution < -0.4 is 9.47 Å². The van der Waals surface area contributed by atoms with Gasteiger partial charge in [0.1, 0.15) is 11.8 Å². The standard InChI is InChI=1S/C11H11ClN2O3S/c1-16-7-5-13-8(11(14-7)17-2)9(15)10-6(12)3-4-18-10/h3-5,9,15H,1-2H3. The minimum Gasteiger partial charge on any atom is -0.480 e. The van der Waals surface area contributed by atoms with Gasteiger partial charge < -0.3 is 14.6 Å². The molecule has 0 aliphatic heterocycles. The van der Waals surface area contributed by atoms with Gasteiger partial charge in [0, 0.05) is 0 Å². The van der Waals surface area contributed by atoms with Crippen molar-refractivity contribution < 1.29 is 14.6 Å². The van der Waals surface area contributed by atoms with E-state index < -0.39 is 6.10 Å². The number of ether oxygens (including phenoxy) is 2. The Labute approximate surface area is 113 Å². The summed E-state index contributed by atoms with van der Waals surface area (Å²) >= 11 is 7.32. The Balaban J connectivity index is 2.41. The summed E-state index contributed by atoms with van der Waals surface area (Å²) in [6.07, 6.45) is 0.452. The monoisotopic (exact) mass is 286 g/mol. The molecular weight excluding hydrogens is 276 g/mol. The molecule has 18 heavy (non-hydrogen) atoms. The summed E-state index contributed by atoms with van der Waals surface area (Å²) < 4.78 is 10.0. The molecule has 0 saturated carbocycles. The quantitative estimate of drug-likeness (QED) is 0.934. The van der Waals surface area contributed by atoms with Gasteiger partial charge in [-0.3, -0.25) is 0 Å². The van der Waals surface area contributed by atoms with Crippen LogP contribution in [0.3, 0.4) is 0 Å². The fourth-order valence-corrected chi connectivity index (χ4v) is 2.57. The van der Waals surface area contributed by atoms with Crippen LogP contribution in [0.2, 0.25) is 5.02 Å². The number of aromatic nitrogens is 2. The predicted molar refractivity (Wildman–Crippen MR) is 68.5 cm³/mol. The van der Waals surface area contributed by atoms with Crippen LogP contribution in [0, 0.1) is 0 Å². The van der Waals surface area contributed by atoms with Crippen molar-refractivity contribution in [3.63, 3.8) is 0 Å². The molecule has 2 rings (SSSR count). The molecule has 2 aromatic rings. The smallest absolute Gasteiger partial charge is 0.241 e. The molecule has 7 heteroatoms. The summed E-state index contributed by atoms with van der Waals surface area (Å²) in [5, 5.41) is 12.5. The van der Waals surface area contributed by atoms with E-state index in [2.05, 4.69) is 9.97 Å². The highest BCUT2D eigenvalue weighted by atomic mass is 35.5.